The van der Waals surface area contributed by atoms with E-state index in [1.807, 2.05) is 0 Å². The molecule has 0 amide bonds. The number of aliphatic imine (C=N–C) groups is 1. The van der Waals surface area contributed by atoms with Crippen LogP contribution in [0.1, 0.15) is 20.8 Å². The van der Waals surface area contributed by atoms with Gasteiger partial charge in [0.15, 0.2) is 5.90 Å². The molecule has 0 spiro atoms. The van der Waals surface area contributed by atoms with Crippen LogP contribution in [0.15, 0.2) is 4.99 Å². The van der Waals surface area contributed by atoms with E-state index >= 15 is 0 Å². The molecule has 2 aliphatic heterocycles. The fraction of sp³-hybridized carbons (Fsp3) is 0.917. The van der Waals surface area contributed by atoms with E-state index in [0.29, 0.717) is 12.0 Å². The minimum atomic E-state index is 0.261. The van der Waals surface area contributed by atoms with Crippen molar-refractivity contribution < 1.29 is 9.47 Å². The lowest BCUT2D eigenvalue weighted by Gasteiger charge is -2.34. The van der Waals surface area contributed by atoms with Gasteiger partial charge in [-0.25, -0.2) is 0 Å². The lowest BCUT2D eigenvalue weighted by atomic mass is 9.86. The number of rotatable bonds is 2. The third-order valence-corrected chi connectivity index (χ3v) is 3.19. The van der Waals surface area contributed by atoms with Gasteiger partial charge in [-0.1, -0.05) is 20.8 Å². The topological polar surface area (TPSA) is 42.9 Å². The van der Waals surface area contributed by atoms with Gasteiger partial charge in [0.1, 0.15) is 0 Å². The van der Waals surface area contributed by atoms with Gasteiger partial charge in [0.2, 0.25) is 0 Å². The summed E-state index contributed by atoms with van der Waals surface area (Å²) in [5.41, 5.74) is 0.261. The molecule has 4 nitrogen and oxygen atoms in total. The molecule has 1 unspecified atom stereocenters. The van der Waals surface area contributed by atoms with Gasteiger partial charge in [-0.05, 0) is 5.41 Å². The second kappa shape index (κ2) is 4.72. The Morgan fingerprint density at radius 2 is 2.19 bits per heavy atom. The lowest BCUT2D eigenvalue weighted by Crippen LogP contribution is -2.49. The number of hydrogen-bond acceptors (Lipinski definition) is 4. The van der Waals surface area contributed by atoms with Crippen LogP contribution in [0, 0.1) is 11.3 Å². The summed E-state index contributed by atoms with van der Waals surface area (Å²) in [4.78, 5) is 4.50. The first-order valence-electron chi connectivity index (χ1n) is 6.03. The molecule has 0 radical (unpaired) electrons. The predicted octanol–water partition coefficient (Wildman–Crippen LogP) is 1.07. The maximum atomic E-state index is 5.66. The molecule has 0 aliphatic carbocycles. The average molecular weight is 226 g/mol. The summed E-state index contributed by atoms with van der Waals surface area (Å²) in [5.74, 6) is 1.43. The molecule has 92 valence electrons. The second-order valence-electron chi connectivity index (χ2n) is 5.75. The van der Waals surface area contributed by atoms with Crippen molar-refractivity contribution in [2.75, 3.05) is 32.9 Å². The summed E-state index contributed by atoms with van der Waals surface area (Å²) in [5, 5.41) is 3.48. The van der Waals surface area contributed by atoms with Crippen molar-refractivity contribution in [2.45, 2.75) is 26.8 Å². The zero-order valence-electron chi connectivity index (χ0n) is 10.5. The molecule has 1 N–H and O–H groups in total. The van der Waals surface area contributed by atoms with Crippen LogP contribution < -0.4 is 5.32 Å². The number of hydrogen-bond donors (Lipinski definition) is 1. The largest absolute Gasteiger partial charge is 0.480 e. The van der Waals surface area contributed by atoms with Crippen LogP contribution in [0.5, 0.6) is 0 Å². The first-order valence-corrected chi connectivity index (χ1v) is 6.03. The fourth-order valence-corrected chi connectivity index (χ4v) is 1.80. The first-order chi connectivity index (χ1) is 7.55. The van der Waals surface area contributed by atoms with Gasteiger partial charge in [0.05, 0.1) is 32.9 Å². The molecule has 0 aromatic heterocycles. The Morgan fingerprint density at radius 3 is 2.62 bits per heavy atom. The van der Waals surface area contributed by atoms with Crippen LogP contribution in [0.25, 0.3) is 0 Å². The Morgan fingerprint density at radius 1 is 1.44 bits per heavy atom. The van der Waals surface area contributed by atoms with Crippen LogP contribution >= 0.6 is 0 Å². The maximum Gasteiger partial charge on any atom is 0.197 e. The highest BCUT2D eigenvalue weighted by molar-refractivity contribution is 5.79. The molecule has 2 heterocycles. The molecule has 1 saturated heterocycles. The van der Waals surface area contributed by atoms with Gasteiger partial charge in [0, 0.05) is 12.0 Å². The Kier molecular flexibility index (Phi) is 3.50. The van der Waals surface area contributed by atoms with E-state index in [2.05, 4.69) is 31.1 Å². The highest BCUT2D eigenvalue weighted by Crippen LogP contribution is 2.21. The van der Waals surface area contributed by atoms with E-state index in [1.54, 1.807) is 0 Å². The molecule has 4 heteroatoms. The second-order valence-corrected chi connectivity index (χ2v) is 5.75. The van der Waals surface area contributed by atoms with Gasteiger partial charge >= 0.3 is 0 Å². The minimum Gasteiger partial charge on any atom is -0.480 e. The van der Waals surface area contributed by atoms with E-state index in [1.165, 1.54) is 0 Å². The van der Waals surface area contributed by atoms with Crippen molar-refractivity contribution in [3.05, 3.63) is 0 Å². The molecule has 1 atom stereocenters. The average Bonchev–Trinajstić information content (AvgIpc) is 2.15. The standard InChI is InChI=1S/C12H22N2O2/c1-12(2,3)10-4-14-11(5-13-10)16-8-9-6-15-7-9/h9-10,13H,4-8H2,1-3H3. The summed E-state index contributed by atoms with van der Waals surface area (Å²) < 4.78 is 10.8. The quantitative estimate of drug-likeness (QED) is 0.766. The molecule has 0 aromatic rings. The van der Waals surface area contributed by atoms with Crippen LogP contribution in [0.4, 0.5) is 0 Å². The van der Waals surface area contributed by atoms with Crippen molar-refractivity contribution in [3.8, 4) is 0 Å². The monoisotopic (exact) mass is 226 g/mol. The Bertz CT molecular complexity index is 267. The summed E-state index contributed by atoms with van der Waals surface area (Å²) in [7, 11) is 0. The van der Waals surface area contributed by atoms with Gasteiger partial charge in [-0.15, -0.1) is 0 Å². The third-order valence-electron chi connectivity index (χ3n) is 3.19. The summed E-state index contributed by atoms with van der Waals surface area (Å²) >= 11 is 0. The zero-order valence-corrected chi connectivity index (χ0v) is 10.5. The predicted molar refractivity (Wildman–Crippen MR) is 63.8 cm³/mol. The Hall–Kier alpha value is -0.610. The molecule has 0 saturated carbocycles. The molecule has 0 bridgehead atoms. The molecular weight excluding hydrogens is 204 g/mol. The molecule has 0 aromatic carbocycles. The smallest absolute Gasteiger partial charge is 0.197 e. The van der Waals surface area contributed by atoms with Gasteiger partial charge < -0.3 is 14.8 Å². The van der Waals surface area contributed by atoms with Crippen molar-refractivity contribution in [2.24, 2.45) is 16.3 Å². The van der Waals surface area contributed by atoms with E-state index in [0.717, 1.165) is 38.8 Å². The molecule has 2 aliphatic rings. The van der Waals surface area contributed by atoms with Crippen LogP contribution in [0.3, 0.4) is 0 Å². The lowest BCUT2D eigenvalue weighted by molar-refractivity contribution is -0.0534. The zero-order chi connectivity index (χ0) is 11.6. The van der Waals surface area contributed by atoms with Gasteiger partial charge in [0.25, 0.3) is 0 Å². The Balaban J connectivity index is 1.74. The highest BCUT2D eigenvalue weighted by Gasteiger charge is 2.27. The van der Waals surface area contributed by atoms with E-state index < -0.39 is 0 Å². The molecular formula is C12H22N2O2. The fourth-order valence-electron chi connectivity index (χ4n) is 1.80. The summed E-state index contributed by atoms with van der Waals surface area (Å²) in [6.07, 6.45) is 0. The SMILES string of the molecule is CC(C)(C)C1CN=C(OCC2COC2)CN1. The highest BCUT2D eigenvalue weighted by atomic mass is 16.5. The number of ether oxygens (including phenoxy) is 2. The molecule has 2 rings (SSSR count). The van der Waals surface area contributed by atoms with E-state index in [4.69, 9.17) is 9.47 Å². The summed E-state index contributed by atoms with van der Waals surface area (Å²) in [6, 6.07) is 0.451. The molecule has 16 heavy (non-hydrogen) atoms. The molecule has 1 fully saturated rings. The van der Waals surface area contributed by atoms with Crippen molar-refractivity contribution in [1.29, 1.82) is 0 Å². The number of nitrogens with one attached hydrogen (secondary N) is 1. The van der Waals surface area contributed by atoms with Crippen molar-refractivity contribution in [3.63, 3.8) is 0 Å². The van der Waals surface area contributed by atoms with Crippen molar-refractivity contribution in [1.82, 2.24) is 5.32 Å². The van der Waals surface area contributed by atoms with Crippen LogP contribution in [0.2, 0.25) is 0 Å². The van der Waals surface area contributed by atoms with Gasteiger partial charge in [-0.2, -0.15) is 0 Å². The summed E-state index contributed by atoms with van der Waals surface area (Å²) in [6.45, 7) is 10.7. The first kappa shape index (κ1) is 11.9. The van der Waals surface area contributed by atoms with Crippen LogP contribution in [-0.2, 0) is 9.47 Å². The maximum absolute atomic E-state index is 5.66. The van der Waals surface area contributed by atoms with E-state index in [-0.39, 0.29) is 5.41 Å². The van der Waals surface area contributed by atoms with Crippen molar-refractivity contribution >= 4 is 5.90 Å². The Labute approximate surface area is 97.4 Å². The minimum absolute atomic E-state index is 0.261. The van der Waals surface area contributed by atoms with Gasteiger partial charge in [-0.3, -0.25) is 4.99 Å². The van der Waals surface area contributed by atoms with E-state index in [9.17, 15) is 0 Å². The normalized spacial score (nSPS) is 27.2. The number of nitrogens with zero attached hydrogens (tertiary/aromatic N) is 1. The third kappa shape index (κ3) is 2.95. The van der Waals surface area contributed by atoms with Crippen LogP contribution in [-0.4, -0.2) is 44.8 Å².